The first-order valence-corrected chi connectivity index (χ1v) is 4.85. The average molecular weight is 225 g/mol. The molecule has 0 fully saturated rings. The summed E-state index contributed by atoms with van der Waals surface area (Å²) in [4.78, 5) is 26.4. The number of hydrogen-bond donors (Lipinski definition) is 1. The highest BCUT2D eigenvalue weighted by Crippen LogP contribution is 2.01. The fourth-order valence-corrected chi connectivity index (χ4v) is 1.27. The van der Waals surface area contributed by atoms with Crippen LogP contribution in [0.15, 0.2) is 12.4 Å². The Bertz CT molecular complexity index is 386. The van der Waals surface area contributed by atoms with E-state index in [0.29, 0.717) is 6.42 Å². The fourth-order valence-electron chi connectivity index (χ4n) is 1.27. The van der Waals surface area contributed by atoms with Crippen LogP contribution in [0.1, 0.15) is 12.7 Å². The molecule has 6 heteroatoms. The van der Waals surface area contributed by atoms with Gasteiger partial charge in [-0.2, -0.15) is 0 Å². The lowest BCUT2D eigenvalue weighted by molar-refractivity contribution is -0.118. The predicted octanol–water partition coefficient (Wildman–Crippen LogP) is 0.276. The minimum atomic E-state index is -0.616. The van der Waals surface area contributed by atoms with Crippen LogP contribution < -0.4 is 5.32 Å². The molecule has 0 aliphatic rings. The van der Waals surface area contributed by atoms with Crippen molar-refractivity contribution in [1.29, 1.82) is 0 Å². The van der Waals surface area contributed by atoms with Gasteiger partial charge >= 0.3 is 6.09 Å². The molecule has 0 spiro atoms. The van der Waals surface area contributed by atoms with Gasteiger partial charge in [-0.15, -0.1) is 0 Å². The van der Waals surface area contributed by atoms with E-state index in [1.807, 2.05) is 7.05 Å². The van der Waals surface area contributed by atoms with E-state index in [2.05, 4.69) is 15.0 Å². The molecule has 1 heterocycles. The number of rotatable bonds is 4. The van der Waals surface area contributed by atoms with Gasteiger partial charge < -0.3 is 14.6 Å². The van der Waals surface area contributed by atoms with Crippen LogP contribution in [-0.2, 0) is 23.0 Å². The Hall–Kier alpha value is -1.85. The standard InChI is InChI=1S/C10H15N3O3/c1-7(14)8(12-10(15)16-3)6-9-11-4-5-13(9)2/h4-5,8H,6H2,1-3H3,(H,12,15)/t8-/m0/s1. The van der Waals surface area contributed by atoms with Crippen LogP contribution in [0.2, 0.25) is 0 Å². The number of aromatic nitrogens is 2. The Labute approximate surface area is 93.6 Å². The van der Waals surface area contributed by atoms with E-state index in [9.17, 15) is 9.59 Å². The van der Waals surface area contributed by atoms with Gasteiger partial charge in [-0.25, -0.2) is 9.78 Å². The number of hydrogen-bond acceptors (Lipinski definition) is 4. The van der Waals surface area contributed by atoms with E-state index in [4.69, 9.17) is 0 Å². The Morgan fingerprint density at radius 3 is 2.75 bits per heavy atom. The molecule has 0 saturated heterocycles. The zero-order chi connectivity index (χ0) is 12.1. The zero-order valence-corrected chi connectivity index (χ0v) is 9.56. The molecule has 0 unspecified atom stereocenters. The van der Waals surface area contributed by atoms with Gasteiger partial charge in [0, 0.05) is 25.9 Å². The van der Waals surface area contributed by atoms with E-state index in [1.54, 1.807) is 17.0 Å². The summed E-state index contributed by atoms with van der Waals surface area (Å²) in [6.45, 7) is 1.42. The Morgan fingerprint density at radius 2 is 2.31 bits per heavy atom. The lowest BCUT2D eigenvalue weighted by atomic mass is 10.1. The molecule has 1 aromatic rings. The van der Waals surface area contributed by atoms with Gasteiger partial charge in [0.1, 0.15) is 5.82 Å². The SMILES string of the molecule is COC(=O)N[C@@H](Cc1nccn1C)C(C)=O. The van der Waals surface area contributed by atoms with Crippen LogP contribution in [-0.4, -0.2) is 34.6 Å². The predicted molar refractivity (Wildman–Crippen MR) is 56.9 cm³/mol. The third-order valence-electron chi connectivity index (χ3n) is 2.28. The Balaban J connectivity index is 2.69. The molecule has 0 bridgehead atoms. The largest absolute Gasteiger partial charge is 0.453 e. The number of carbonyl (C=O) groups excluding carboxylic acids is 2. The maximum Gasteiger partial charge on any atom is 0.407 e. The molecule has 6 nitrogen and oxygen atoms in total. The molecule has 0 aliphatic heterocycles. The second-order valence-electron chi connectivity index (χ2n) is 3.46. The first-order chi connectivity index (χ1) is 7.54. The second kappa shape index (κ2) is 5.29. The number of carbonyl (C=O) groups is 2. The topological polar surface area (TPSA) is 73.2 Å². The molecular formula is C10H15N3O3. The smallest absolute Gasteiger partial charge is 0.407 e. The quantitative estimate of drug-likeness (QED) is 0.798. The average Bonchev–Trinajstić information content (AvgIpc) is 2.63. The molecule has 1 rings (SSSR count). The minimum absolute atomic E-state index is 0.131. The fraction of sp³-hybridized carbons (Fsp3) is 0.500. The van der Waals surface area contributed by atoms with Crippen molar-refractivity contribution < 1.29 is 14.3 Å². The monoisotopic (exact) mass is 225 g/mol. The molecule has 1 N–H and O–H groups in total. The van der Waals surface area contributed by atoms with Crippen LogP contribution in [0.25, 0.3) is 0 Å². The number of imidazole rings is 1. The van der Waals surface area contributed by atoms with Crippen LogP contribution in [0.3, 0.4) is 0 Å². The minimum Gasteiger partial charge on any atom is -0.453 e. The van der Waals surface area contributed by atoms with Crippen molar-refractivity contribution in [2.75, 3.05) is 7.11 Å². The molecule has 0 saturated carbocycles. The third kappa shape index (κ3) is 3.08. The molecular weight excluding hydrogens is 210 g/mol. The molecule has 0 radical (unpaired) electrons. The van der Waals surface area contributed by atoms with E-state index >= 15 is 0 Å². The summed E-state index contributed by atoms with van der Waals surface area (Å²) >= 11 is 0. The highest BCUT2D eigenvalue weighted by molar-refractivity contribution is 5.85. The van der Waals surface area contributed by atoms with Crippen LogP contribution in [0.5, 0.6) is 0 Å². The number of nitrogens with one attached hydrogen (secondary N) is 1. The van der Waals surface area contributed by atoms with Crippen molar-refractivity contribution >= 4 is 11.9 Å². The molecule has 0 aliphatic carbocycles. The highest BCUT2D eigenvalue weighted by atomic mass is 16.5. The lowest BCUT2D eigenvalue weighted by Crippen LogP contribution is -2.41. The second-order valence-corrected chi connectivity index (χ2v) is 3.46. The summed E-state index contributed by atoms with van der Waals surface area (Å²) in [6.07, 6.45) is 3.16. The van der Waals surface area contributed by atoms with Gasteiger partial charge in [-0.3, -0.25) is 4.79 Å². The van der Waals surface area contributed by atoms with Crippen molar-refractivity contribution in [1.82, 2.24) is 14.9 Å². The van der Waals surface area contributed by atoms with Crippen molar-refractivity contribution in [3.05, 3.63) is 18.2 Å². The number of methoxy groups -OCH3 is 1. The summed E-state index contributed by atoms with van der Waals surface area (Å²) in [5, 5.41) is 2.47. The highest BCUT2D eigenvalue weighted by Gasteiger charge is 2.19. The van der Waals surface area contributed by atoms with E-state index in [1.165, 1.54) is 14.0 Å². The summed E-state index contributed by atoms with van der Waals surface area (Å²) in [5.41, 5.74) is 0. The Kier molecular flexibility index (Phi) is 4.04. The van der Waals surface area contributed by atoms with E-state index < -0.39 is 12.1 Å². The van der Waals surface area contributed by atoms with Crippen LogP contribution >= 0.6 is 0 Å². The maximum absolute atomic E-state index is 11.3. The van der Waals surface area contributed by atoms with Crippen LogP contribution in [0, 0.1) is 0 Å². The first kappa shape index (κ1) is 12.2. The van der Waals surface area contributed by atoms with Gasteiger partial charge in [0.15, 0.2) is 5.78 Å². The van der Waals surface area contributed by atoms with Crippen molar-refractivity contribution in [3.8, 4) is 0 Å². The Morgan fingerprint density at radius 1 is 1.62 bits per heavy atom. The van der Waals surface area contributed by atoms with E-state index in [0.717, 1.165) is 5.82 Å². The van der Waals surface area contributed by atoms with Gasteiger partial charge in [0.05, 0.1) is 13.2 Å². The van der Waals surface area contributed by atoms with Crippen molar-refractivity contribution in [3.63, 3.8) is 0 Å². The van der Waals surface area contributed by atoms with Gasteiger partial charge in [0.25, 0.3) is 0 Å². The zero-order valence-electron chi connectivity index (χ0n) is 9.56. The summed E-state index contributed by atoms with van der Waals surface area (Å²) in [6, 6.07) is -0.603. The van der Waals surface area contributed by atoms with Gasteiger partial charge in [0.2, 0.25) is 0 Å². The van der Waals surface area contributed by atoms with Crippen molar-refractivity contribution in [2.24, 2.45) is 7.05 Å². The molecule has 88 valence electrons. The molecule has 1 aromatic heterocycles. The van der Waals surface area contributed by atoms with Crippen molar-refractivity contribution in [2.45, 2.75) is 19.4 Å². The van der Waals surface area contributed by atoms with E-state index in [-0.39, 0.29) is 5.78 Å². The van der Waals surface area contributed by atoms with Crippen LogP contribution in [0.4, 0.5) is 4.79 Å². The lowest BCUT2D eigenvalue weighted by Gasteiger charge is -2.14. The molecule has 0 aromatic carbocycles. The molecule has 16 heavy (non-hydrogen) atoms. The molecule has 1 atom stereocenters. The number of ether oxygens (including phenoxy) is 1. The summed E-state index contributed by atoms with van der Waals surface area (Å²) in [5.74, 6) is 0.602. The van der Waals surface area contributed by atoms with Gasteiger partial charge in [-0.05, 0) is 6.92 Å². The summed E-state index contributed by atoms with van der Waals surface area (Å²) in [7, 11) is 3.09. The number of aryl methyl sites for hydroxylation is 1. The molecule has 1 amide bonds. The number of nitrogens with zero attached hydrogens (tertiary/aromatic N) is 2. The third-order valence-corrected chi connectivity index (χ3v) is 2.28. The van der Waals surface area contributed by atoms with Gasteiger partial charge in [-0.1, -0.05) is 0 Å². The normalized spacial score (nSPS) is 11.9. The number of alkyl carbamates (subject to hydrolysis) is 1. The number of ketones is 1. The number of amides is 1. The number of Topliss-reactive ketones (excluding diaryl/α,β-unsaturated/α-hetero) is 1. The first-order valence-electron chi connectivity index (χ1n) is 4.85. The summed E-state index contributed by atoms with van der Waals surface area (Å²) < 4.78 is 6.25. The maximum atomic E-state index is 11.3.